The Morgan fingerprint density at radius 1 is 1.18 bits per heavy atom. The van der Waals surface area contributed by atoms with Crippen molar-refractivity contribution in [2.75, 3.05) is 30.4 Å². The van der Waals surface area contributed by atoms with Gasteiger partial charge in [0.05, 0.1) is 10.6 Å². The van der Waals surface area contributed by atoms with Crippen LogP contribution in [-0.4, -0.2) is 59.6 Å². The first-order chi connectivity index (χ1) is 18.0. The van der Waals surface area contributed by atoms with Crippen LogP contribution in [0.15, 0.2) is 41.4 Å². The monoisotopic (exact) mass is 546 g/mol. The van der Waals surface area contributed by atoms with E-state index in [0.29, 0.717) is 36.2 Å². The molecule has 5 rings (SSSR count). The van der Waals surface area contributed by atoms with Gasteiger partial charge in [0.25, 0.3) is 5.91 Å². The highest BCUT2D eigenvalue weighted by Gasteiger charge is 2.41. The highest BCUT2D eigenvalue weighted by Crippen LogP contribution is 2.38. The summed E-state index contributed by atoms with van der Waals surface area (Å²) in [4.78, 5) is 17.1. The lowest BCUT2D eigenvalue weighted by Gasteiger charge is -2.36. The van der Waals surface area contributed by atoms with E-state index in [-0.39, 0.29) is 30.6 Å². The fourth-order valence-corrected chi connectivity index (χ4v) is 6.48. The molecular weight excluding hydrogens is 518 g/mol. The molecule has 2 aliphatic rings. The zero-order chi connectivity index (χ0) is 27.1. The second-order valence-corrected chi connectivity index (χ2v) is 12.0. The summed E-state index contributed by atoms with van der Waals surface area (Å²) in [5.41, 5.74) is 1.13. The van der Waals surface area contributed by atoms with Gasteiger partial charge in [-0.1, -0.05) is 13.8 Å². The number of fused-ring (bicyclic) bond motifs is 1. The number of hydrogen-bond acceptors (Lipinski definition) is 7. The summed E-state index contributed by atoms with van der Waals surface area (Å²) in [6.07, 6.45) is 3.12. The Morgan fingerprint density at radius 2 is 1.89 bits per heavy atom. The molecule has 13 heteroatoms. The number of sulfonamides is 1. The fourth-order valence-electron chi connectivity index (χ4n) is 4.86. The van der Waals surface area contributed by atoms with Crippen LogP contribution in [-0.2, 0) is 26.7 Å². The number of hydrogen-bond donors (Lipinski definition) is 3. The summed E-state index contributed by atoms with van der Waals surface area (Å²) in [5.74, 6) is -2.33. The van der Waals surface area contributed by atoms with Crippen molar-refractivity contribution in [1.29, 1.82) is 0 Å². The number of nitrogens with one attached hydrogen (secondary N) is 3. The summed E-state index contributed by atoms with van der Waals surface area (Å²) in [7, 11) is -4.25. The van der Waals surface area contributed by atoms with E-state index in [1.807, 2.05) is 13.8 Å². The van der Waals surface area contributed by atoms with Crippen molar-refractivity contribution in [2.24, 2.45) is 0 Å². The van der Waals surface area contributed by atoms with Crippen molar-refractivity contribution in [3.8, 4) is 0 Å². The average molecular weight is 547 g/mol. The number of aromatic amines is 1. The second kappa shape index (κ2) is 10.0. The minimum absolute atomic E-state index is 0.0372. The van der Waals surface area contributed by atoms with Crippen molar-refractivity contribution < 1.29 is 26.7 Å². The third-order valence-corrected chi connectivity index (χ3v) is 8.53. The number of amides is 1. The largest absolute Gasteiger partial charge is 0.381 e. The number of halogens is 2. The lowest BCUT2D eigenvalue weighted by molar-refractivity contribution is 0.0904. The van der Waals surface area contributed by atoms with Crippen LogP contribution in [0.25, 0.3) is 0 Å². The predicted molar refractivity (Wildman–Crippen MR) is 135 cm³/mol. The van der Waals surface area contributed by atoms with Gasteiger partial charge in [0.2, 0.25) is 10.0 Å². The number of H-pyrrole nitrogens is 1. The van der Waals surface area contributed by atoms with E-state index in [2.05, 4.69) is 25.8 Å². The van der Waals surface area contributed by atoms with Crippen LogP contribution in [0.4, 0.5) is 20.3 Å². The van der Waals surface area contributed by atoms with Crippen molar-refractivity contribution >= 4 is 27.4 Å². The van der Waals surface area contributed by atoms with Gasteiger partial charge in [-0.05, 0) is 37.1 Å². The fraction of sp³-hybridized carbons (Fsp3) is 0.400. The van der Waals surface area contributed by atoms with Gasteiger partial charge in [-0.15, -0.1) is 0 Å². The number of carbonyl (C=O) groups is 1. The number of aromatic nitrogens is 3. The quantitative estimate of drug-likeness (QED) is 0.432. The van der Waals surface area contributed by atoms with Crippen LogP contribution in [0.1, 0.15) is 48.4 Å². The van der Waals surface area contributed by atoms with E-state index < -0.39 is 37.9 Å². The van der Waals surface area contributed by atoms with Gasteiger partial charge >= 0.3 is 0 Å². The number of pyridine rings is 1. The van der Waals surface area contributed by atoms with E-state index in [4.69, 9.17) is 4.74 Å². The summed E-state index contributed by atoms with van der Waals surface area (Å²) < 4.78 is 60.9. The van der Waals surface area contributed by atoms with Gasteiger partial charge < -0.3 is 15.4 Å². The molecule has 1 fully saturated rings. The Bertz CT molecular complexity index is 1450. The molecule has 2 aromatic heterocycles. The molecule has 3 N–H and O–H groups in total. The second-order valence-electron chi connectivity index (χ2n) is 10.1. The Labute approximate surface area is 218 Å². The smallest absolute Gasteiger partial charge is 0.277 e. The number of anilines is 2. The first kappa shape index (κ1) is 26.2. The molecule has 202 valence electrons. The lowest BCUT2D eigenvalue weighted by Crippen LogP contribution is -2.45. The zero-order valence-corrected chi connectivity index (χ0v) is 21.7. The minimum Gasteiger partial charge on any atom is -0.381 e. The Hall–Kier alpha value is -3.42. The molecule has 0 aliphatic carbocycles. The lowest BCUT2D eigenvalue weighted by atomic mass is 9.84. The average Bonchev–Trinajstić information content (AvgIpc) is 3.27. The number of benzene rings is 1. The first-order valence-electron chi connectivity index (χ1n) is 12.2. The van der Waals surface area contributed by atoms with E-state index in [9.17, 15) is 22.0 Å². The highest BCUT2D eigenvalue weighted by atomic mass is 32.2. The maximum atomic E-state index is 13.8. The van der Waals surface area contributed by atoms with Crippen molar-refractivity contribution in [3.05, 3.63) is 65.1 Å². The molecule has 0 spiro atoms. The molecule has 1 saturated heterocycles. The van der Waals surface area contributed by atoms with E-state index in [1.165, 1.54) is 6.20 Å². The maximum Gasteiger partial charge on any atom is 0.277 e. The van der Waals surface area contributed by atoms with Crippen molar-refractivity contribution in [2.45, 2.75) is 49.6 Å². The minimum atomic E-state index is -4.25. The summed E-state index contributed by atoms with van der Waals surface area (Å²) in [6, 6.07) is 5.83. The van der Waals surface area contributed by atoms with Gasteiger partial charge in [-0.2, -0.15) is 9.40 Å². The Kier molecular flexibility index (Phi) is 6.92. The van der Waals surface area contributed by atoms with Crippen LogP contribution in [0.3, 0.4) is 0 Å². The van der Waals surface area contributed by atoms with E-state index >= 15 is 0 Å². The van der Waals surface area contributed by atoms with Gasteiger partial charge in [0.1, 0.15) is 11.6 Å². The number of carbonyl (C=O) groups excluding carboxylic acids is 1. The van der Waals surface area contributed by atoms with Crippen LogP contribution in [0.2, 0.25) is 0 Å². The van der Waals surface area contributed by atoms with Gasteiger partial charge in [0, 0.05) is 61.3 Å². The number of rotatable bonds is 6. The molecule has 38 heavy (non-hydrogen) atoms. The molecule has 10 nitrogen and oxygen atoms in total. The number of ether oxygens (including phenoxy) is 1. The maximum absolute atomic E-state index is 13.8. The third-order valence-electron chi connectivity index (χ3n) is 6.76. The van der Waals surface area contributed by atoms with Crippen LogP contribution >= 0.6 is 0 Å². The van der Waals surface area contributed by atoms with Gasteiger partial charge in [-0.3, -0.25) is 9.89 Å². The molecule has 2 aliphatic heterocycles. The van der Waals surface area contributed by atoms with Crippen molar-refractivity contribution in [3.63, 3.8) is 0 Å². The predicted octanol–water partition coefficient (Wildman–Crippen LogP) is 3.41. The molecular formula is C25H28F2N6O4S. The molecule has 0 saturated carbocycles. The molecule has 0 bridgehead atoms. The molecule has 1 aromatic carbocycles. The van der Waals surface area contributed by atoms with Gasteiger partial charge in [-0.25, -0.2) is 22.2 Å². The normalized spacial score (nSPS) is 18.1. The summed E-state index contributed by atoms with van der Waals surface area (Å²) in [6.45, 7) is 4.79. The summed E-state index contributed by atoms with van der Waals surface area (Å²) >= 11 is 0. The molecule has 1 amide bonds. The molecule has 0 atom stereocenters. The van der Waals surface area contributed by atoms with Crippen LogP contribution < -0.4 is 10.6 Å². The van der Waals surface area contributed by atoms with Gasteiger partial charge in [0.15, 0.2) is 11.5 Å². The third kappa shape index (κ3) is 5.13. The zero-order valence-electron chi connectivity index (χ0n) is 20.9. The van der Waals surface area contributed by atoms with E-state index in [1.54, 1.807) is 12.1 Å². The molecule has 0 radical (unpaired) electrons. The van der Waals surface area contributed by atoms with Crippen LogP contribution in [0, 0.1) is 11.6 Å². The SMILES string of the molecule is CC1(C)CN(S(=O)(=O)c2cc(F)cc(F)c2)Cc2c(NC(=O)c3ncccc3NC3CCOCC3)n[nH]c21. The standard InChI is InChI=1S/C25H28F2N6O4S/c1-25(2)14-33(38(35,36)18-11-15(26)10-16(27)12-18)13-19-22(25)31-32-23(19)30-24(34)21-20(4-3-7-28-21)29-17-5-8-37-9-6-17/h3-4,7,10-12,17,29H,5-6,8-9,13-14H2,1-2H3,(H2,30,31,32,34). The number of nitrogens with zero attached hydrogens (tertiary/aromatic N) is 3. The summed E-state index contributed by atoms with van der Waals surface area (Å²) in [5, 5.41) is 13.3. The Morgan fingerprint density at radius 3 is 2.61 bits per heavy atom. The molecule has 3 aromatic rings. The molecule has 4 heterocycles. The highest BCUT2D eigenvalue weighted by molar-refractivity contribution is 7.89. The van der Waals surface area contributed by atoms with Crippen LogP contribution in [0.5, 0.6) is 0 Å². The molecule has 0 unspecified atom stereocenters. The topological polar surface area (TPSA) is 129 Å². The van der Waals surface area contributed by atoms with E-state index in [0.717, 1.165) is 29.3 Å². The Balaban J connectivity index is 1.42. The first-order valence-corrected chi connectivity index (χ1v) is 13.6. The van der Waals surface area contributed by atoms with Crippen molar-refractivity contribution in [1.82, 2.24) is 19.5 Å².